The van der Waals surface area contributed by atoms with Crippen LogP contribution < -0.4 is 11.3 Å². The molecular formula is C18H21BrN2. The van der Waals surface area contributed by atoms with E-state index in [2.05, 4.69) is 77.7 Å². The Hall–Kier alpha value is -1.16. The predicted octanol–water partition coefficient (Wildman–Crippen LogP) is 4.37. The Labute approximate surface area is 134 Å². The van der Waals surface area contributed by atoms with Gasteiger partial charge in [0.05, 0.1) is 0 Å². The molecule has 0 radical (unpaired) electrons. The monoisotopic (exact) mass is 344 g/mol. The zero-order chi connectivity index (χ0) is 15.0. The SMILES string of the molecule is Cc1cc(C(NN)C2CC2c2ccccc2)cc(C)c1Br. The van der Waals surface area contributed by atoms with Crippen LogP contribution >= 0.6 is 15.9 Å². The minimum atomic E-state index is 0.223. The van der Waals surface area contributed by atoms with Crippen LogP contribution in [0.25, 0.3) is 0 Å². The quantitative estimate of drug-likeness (QED) is 0.638. The highest BCUT2D eigenvalue weighted by Gasteiger charge is 2.44. The molecule has 110 valence electrons. The van der Waals surface area contributed by atoms with Crippen molar-refractivity contribution in [3.05, 3.63) is 69.2 Å². The number of hydrazine groups is 1. The van der Waals surface area contributed by atoms with Crippen molar-refractivity contribution in [2.45, 2.75) is 32.2 Å². The van der Waals surface area contributed by atoms with E-state index in [-0.39, 0.29) is 6.04 Å². The van der Waals surface area contributed by atoms with E-state index in [9.17, 15) is 0 Å². The molecule has 21 heavy (non-hydrogen) atoms. The van der Waals surface area contributed by atoms with Gasteiger partial charge in [0.15, 0.2) is 0 Å². The molecular weight excluding hydrogens is 324 g/mol. The standard InChI is InChI=1S/C18H21BrN2/c1-11-8-14(9-12(2)17(11)19)18(21-20)16-10-15(16)13-6-4-3-5-7-13/h3-9,15-16,18,21H,10,20H2,1-2H3. The number of hydrogen-bond acceptors (Lipinski definition) is 2. The molecule has 2 nitrogen and oxygen atoms in total. The Morgan fingerprint density at radius 2 is 1.76 bits per heavy atom. The molecule has 0 heterocycles. The summed E-state index contributed by atoms with van der Waals surface area (Å²) in [6.07, 6.45) is 1.20. The summed E-state index contributed by atoms with van der Waals surface area (Å²) in [5.41, 5.74) is 8.29. The molecule has 1 fully saturated rings. The summed E-state index contributed by atoms with van der Waals surface area (Å²) in [6.45, 7) is 4.27. The summed E-state index contributed by atoms with van der Waals surface area (Å²) >= 11 is 3.63. The summed E-state index contributed by atoms with van der Waals surface area (Å²) in [7, 11) is 0. The average Bonchev–Trinajstić information content (AvgIpc) is 3.27. The van der Waals surface area contributed by atoms with Crippen LogP contribution in [0.5, 0.6) is 0 Å². The van der Waals surface area contributed by atoms with E-state index in [0.717, 1.165) is 0 Å². The van der Waals surface area contributed by atoms with E-state index in [1.165, 1.54) is 33.1 Å². The lowest BCUT2D eigenvalue weighted by Crippen LogP contribution is -2.30. The van der Waals surface area contributed by atoms with E-state index in [0.29, 0.717) is 11.8 Å². The maximum Gasteiger partial charge on any atom is 0.0494 e. The first-order valence-electron chi connectivity index (χ1n) is 7.39. The van der Waals surface area contributed by atoms with Gasteiger partial charge in [-0.15, -0.1) is 0 Å². The van der Waals surface area contributed by atoms with E-state index in [4.69, 9.17) is 5.84 Å². The third kappa shape index (κ3) is 2.91. The first kappa shape index (κ1) is 14.8. The molecule has 0 aromatic heterocycles. The van der Waals surface area contributed by atoms with Crippen LogP contribution in [0.2, 0.25) is 0 Å². The van der Waals surface area contributed by atoms with Gasteiger partial charge in [-0.3, -0.25) is 11.3 Å². The molecule has 0 saturated heterocycles. The molecule has 3 heteroatoms. The van der Waals surface area contributed by atoms with Gasteiger partial charge in [-0.2, -0.15) is 0 Å². The fourth-order valence-electron chi connectivity index (χ4n) is 3.29. The molecule has 0 amide bonds. The Kier molecular flexibility index (Phi) is 4.16. The second kappa shape index (κ2) is 5.91. The molecule has 2 aromatic carbocycles. The molecule has 3 N–H and O–H groups in total. The highest BCUT2D eigenvalue weighted by Crippen LogP contribution is 2.54. The lowest BCUT2D eigenvalue weighted by Gasteiger charge is -2.19. The van der Waals surface area contributed by atoms with Gasteiger partial charge in [-0.05, 0) is 54.4 Å². The van der Waals surface area contributed by atoms with Crippen molar-refractivity contribution in [1.29, 1.82) is 0 Å². The van der Waals surface area contributed by atoms with Crippen LogP contribution in [-0.2, 0) is 0 Å². The van der Waals surface area contributed by atoms with Gasteiger partial charge in [0.25, 0.3) is 0 Å². The summed E-state index contributed by atoms with van der Waals surface area (Å²) in [6, 6.07) is 15.4. The number of rotatable bonds is 4. The first-order valence-corrected chi connectivity index (χ1v) is 8.19. The third-order valence-electron chi connectivity index (χ3n) is 4.49. The van der Waals surface area contributed by atoms with Crippen molar-refractivity contribution in [2.24, 2.45) is 11.8 Å². The highest BCUT2D eigenvalue weighted by molar-refractivity contribution is 9.10. The lowest BCUT2D eigenvalue weighted by atomic mass is 9.96. The fourth-order valence-corrected chi connectivity index (χ4v) is 3.52. The largest absolute Gasteiger partial charge is 0.271 e. The van der Waals surface area contributed by atoms with Gasteiger partial charge in [0.1, 0.15) is 0 Å². The van der Waals surface area contributed by atoms with Gasteiger partial charge < -0.3 is 0 Å². The topological polar surface area (TPSA) is 38.0 Å². The predicted molar refractivity (Wildman–Crippen MR) is 91.0 cm³/mol. The maximum absolute atomic E-state index is 5.86. The van der Waals surface area contributed by atoms with Crippen LogP contribution in [-0.4, -0.2) is 0 Å². The minimum absolute atomic E-state index is 0.223. The summed E-state index contributed by atoms with van der Waals surface area (Å²) in [5.74, 6) is 7.07. The highest BCUT2D eigenvalue weighted by atomic mass is 79.9. The van der Waals surface area contributed by atoms with Crippen molar-refractivity contribution < 1.29 is 0 Å². The second-order valence-corrected chi connectivity index (χ2v) is 6.82. The van der Waals surface area contributed by atoms with Gasteiger partial charge in [0.2, 0.25) is 0 Å². The lowest BCUT2D eigenvalue weighted by molar-refractivity contribution is 0.487. The number of hydrogen-bond donors (Lipinski definition) is 2. The minimum Gasteiger partial charge on any atom is -0.271 e. The van der Waals surface area contributed by atoms with Crippen LogP contribution in [0.15, 0.2) is 46.9 Å². The number of nitrogens with two attached hydrogens (primary N) is 1. The number of aryl methyl sites for hydroxylation is 2. The molecule has 0 aliphatic heterocycles. The summed E-state index contributed by atoms with van der Waals surface area (Å²) in [5, 5.41) is 0. The molecule has 0 bridgehead atoms. The molecule has 1 saturated carbocycles. The van der Waals surface area contributed by atoms with E-state index in [1.54, 1.807) is 0 Å². The molecule has 3 unspecified atom stereocenters. The van der Waals surface area contributed by atoms with Crippen LogP contribution in [0.3, 0.4) is 0 Å². The molecule has 2 aromatic rings. The fraction of sp³-hybridized carbons (Fsp3) is 0.333. The molecule has 3 atom stereocenters. The van der Waals surface area contributed by atoms with E-state index >= 15 is 0 Å². The van der Waals surface area contributed by atoms with Crippen LogP contribution in [0.1, 0.15) is 40.6 Å². The summed E-state index contributed by atoms with van der Waals surface area (Å²) in [4.78, 5) is 0. The Balaban J connectivity index is 1.84. The zero-order valence-electron chi connectivity index (χ0n) is 12.4. The van der Waals surface area contributed by atoms with Crippen LogP contribution in [0, 0.1) is 19.8 Å². The molecule has 0 spiro atoms. The van der Waals surface area contributed by atoms with Gasteiger partial charge in [0, 0.05) is 10.5 Å². The van der Waals surface area contributed by atoms with Crippen molar-refractivity contribution in [1.82, 2.24) is 5.43 Å². The Morgan fingerprint density at radius 1 is 1.14 bits per heavy atom. The first-order chi connectivity index (χ1) is 10.1. The van der Waals surface area contributed by atoms with Gasteiger partial charge in [-0.1, -0.05) is 58.4 Å². The van der Waals surface area contributed by atoms with Gasteiger partial charge in [-0.25, -0.2) is 0 Å². The normalized spacial score (nSPS) is 22.1. The summed E-state index contributed by atoms with van der Waals surface area (Å²) < 4.78 is 1.19. The Bertz CT molecular complexity index is 616. The third-order valence-corrected chi connectivity index (χ3v) is 5.74. The van der Waals surface area contributed by atoms with Gasteiger partial charge >= 0.3 is 0 Å². The van der Waals surface area contributed by atoms with Crippen molar-refractivity contribution in [3.63, 3.8) is 0 Å². The zero-order valence-corrected chi connectivity index (χ0v) is 14.0. The Morgan fingerprint density at radius 3 is 2.33 bits per heavy atom. The molecule has 1 aliphatic carbocycles. The van der Waals surface area contributed by atoms with Crippen molar-refractivity contribution >= 4 is 15.9 Å². The van der Waals surface area contributed by atoms with Crippen molar-refractivity contribution in [3.8, 4) is 0 Å². The number of nitrogens with one attached hydrogen (secondary N) is 1. The number of benzene rings is 2. The van der Waals surface area contributed by atoms with E-state index in [1.807, 2.05) is 0 Å². The average molecular weight is 345 g/mol. The second-order valence-electron chi connectivity index (χ2n) is 6.03. The van der Waals surface area contributed by atoms with Crippen LogP contribution in [0.4, 0.5) is 0 Å². The maximum atomic E-state index is 5.86. The smallest absolute Gasteiger partial charge is 0.0494 e. The van der Waals surface area contributed by atoms with E-state index < -0.39 is 0 Å². The molecule has 3 rings (SSSR count). The molecule has 1 aliphatic rings. The van der Waals surface area contributed by atoms with Crippen molar-refractivity contribution in [2.75, 3.05) is 0 Å². The number of halogens is 1.